The minimum atomic E-state index is 1.26. The Kier molecular flexibility index (Phi) is 3.23. The summed E-state index contributed by atoms with van der Waals surface area (Å²) in [5.41, 5.74) is 10.3. The molecule has 0 aliphatic heterocycles. The number of rotatable bonds is 1. The average molecular weight is 481 g/mol. The Morgan fingerprint density at radius 1 is 0.342 bits per heavy atom. The molecule has 0 saturated heterocycles. The molecule has 38 heavy (non-hydrogen) atoms. The lowest BCUT2D eigenvalue weighted by molar-refractivity contribution is 1.37. The van der Waals surface area contributed by atoms with Crippen molar-refractivity contribution in [2.75, 3.05) is 0 Å². The maximum absolute atomic E-state index is 2.46. The van der Waals surface area contributed by atoms with Crippen LogP contribution in [0.4, 0.5) is 0 Å². The SMILES string of the molecule is c1ccc2c(c1)c1cccc3c4cc(-c5cccc6c5c5cccc7c8ccccc8n6c75)ccc4n2c13. The van der Waals surface area contributed by atoms with E-state index < -0.39 is 0 Å². The van der Waals surface area contributed by atoms with E-state index in [4.69, 9.17) is 0 Å². The van der Waals surface area contributed by atoms with Crippen LogP contribution in [0.1, 0.15) is 0 Å². The molecule has 0 atom stereocenters. The summed E-state index contributed by atoms with van der Waals surface area (Å²) >= 11 is 0. The smallest absolute Gasteiger partial charge is 0.0620 e. The van der Waals surface area contributed by atoms with Gasteiger partial charge in [-0.1, -0.05) is 91.0 Å². The minimum Gasteiger partial charge on any atom is -0.308 e. The Balaban J connectivity index is 1.35. The first-order chi connectivity index (χ1) is 18.9. The Morgan fingerprint density at radius 3 is 1.58 bits per heavy atom. The zero-order valence-electron chi connectivity index (χ0n) is 20.4. The van der Waals surface area contributed by atoms with E-state index in [-0.39, 0.29) is 0 Å². The van der Waals surface area contributed by atoms with E-state index in [2.05, 4.69) is 130 Å². The van der Waals surface area contributed by atoms with Crippen LogP contribution < -0.4 is 0 Å². The molecular weight excluding hydrogens is 460 g/mol. The van der Waals surface area contributed by atoms with Gasteiger partial charge in [0.1, 0.15) is 0 Å². The van der Waals surface area contributed by atoms with Crippen molar-refractivity contribution in [3.63, 3.8) is 0 Å². The molecule has 0 aliphatic rings. The molecule has 174 valence electrons. The third-order valence-electron chi connectivity index (χ3n) is 8.78. The van der Waals surface area contributed by atoms with Crippen LogP contribution in [0, 0.1) is 0 Å². The fourth-order valence-electron chi connectivity index (χ4n) is 7.32. The Hall–Kier alpha value is -5.08. The van der Waals surface area contributed by atoms with Gasteiger partial charge in [0.05, 0.1) is 33.1 Å². The number of para-hydroxylation sites is 4. The molecule has 2 heteroatoms. The van der Waals surface area contributed by atoms with E-state index in [0.29, 0.717) is 0 Å². The van der Waals surface area contributed by atoms with Crippen molar-refractivity contribution in [1.82, 2.24) is 8.80 Å². The van der Waals surface area contributed by atoms with E-state index in [1.165, 1.54) is 87.3 Å². The first-order valence-corrected chi connectivity index (χ1v) is 13.2. The first kappa shape index (κ1) is 19.1. The van der Waals surface area contributed by atoms with E-state index in [1.54, 1.807) is 0 Å². The van der Waals surface area contributed by atoms with E-state index in [0.717, 1.165) is 0 Å². The minimum absolute atomic E-state index is 1.26. The summed E-state index contributed by atoms with van der Waals surface area (Å²) in [6.07, 6.45) is 0. The maximum Gasteiger partial charge on any atom is 0.0620 e. The van der Waals surface area contributed by atoms with Gasteiger partial charge in [-0.25, -0.2) is 0 Å². The second-order valence-electron chi connectivity index (χ2n) is 10.5. The van der Waals surface area contributed by atoms with Gasteiger partial charge in [0.2, 0.25) is 0 Å². The summed E-state index contributed by atoms with van der Waals surface area (Å²) in [5, 5.41) is 10.6. The van der Waals surface area contributed by atoms with Crippen molar-refractivity contribution in [3.8, 4) is 11.1 Å². The van der Waals surface area contributed by atoms with Crippen LogP contribution in [0.2, 0.25) is 0 Å². The van der Waals surface area contributed by atoms with Gasteiger partial charge in [0, 0.05) is 43.1 Å². The number of nitrogens with zero attached hydrogens (tertiary/aromatic N) is 2. The molecule has 10 rings (SSSR count). The Labute approximate surface area is 217 Å². The molecule has 0 bridgehead atoms. The fraction of sp³-hybridized carbons (Fsp3) is 0. The van der Waals surface area contributed by atoms with Crippen molar-refractivity contribution >= 4 is 76.2 Å². The highest BCUT2D eigenvalue weighted by atomic mass is 14.9. The highest BCUT2D eigenvalue weighted by Crippen LogP contribution is 2.44. The molecule has 0 N–H and O–H groups in total. The standard InChI is InChI=1S/C36H20N2/c1-3-15-30-23(8-1)25-11-5-13-27-29-20-21(18-19-32(29)37(30)35(25)27)22-10-7-17-33-34(22)28-14-6-12-26-24-9-2-4-16-31(24)38(33)36(26)28/h1-20H. The van der Waals surface area contributed by atoms with Crippen LogP contribution in [0.25, 0.3) is 87.3 Å². The van der Waals surface area contributed by atoms with E-state index in [1.807, 2.05) is 0 Å². The van der Waals surface area contributed by atoms with Gasteiger partial charge in [0.15, 0.2) is 0 Å². The molecule has 10 aromatic rings. The van der Waals surface area contributed by atoms with E-state index in [9.17, 15) is 0 Å². The quantitative estimate of drug-likeness (QED) is 0.221. The highest BCUT2D eigenvalue weighted by Gasteiger charge is 2.21. The van der Waals surface area contributed by atoms with Gasteiger partial charge in [-0.3, -0.25) is 0 Å². The van der Waals surface area contributed by atoms with Crippen LogP contribution in [-0.2, 0) is 0 Å². The molecule has 4 heterocycles. The molecule has 2 nitrogen and oxygen atoms in total. The van der Waals surface area contributed by atoms with Gasteiger partial charge >= 0.3 is 0 Å². The number of aromatic nitrogens is 2. The third kappa shape index (κ3) is 2.06. The highest BCUT2D eigenvalue weighted by molar-refractivity contribution is 6.27. The Bertz CT molecular complexity index is 2560. The lowest BCUT2D eigenvalue weighted by atomic mass is 9.97. The number of hydrogen-bond acceptors (Lipinski definition) is 0. The lowest BCUT2D eigenvalue weighted by Crippen LogP contribution is -1.84. The summed E-state index contributed by atoms with van der Waals surface area (Å²) in [7, 11) is 0. The zero-order chi connectivity index (χ0) is 24.5. The molecule has 6 aromatic carbocycles. The fourth-order valence-corrected chi connectivity index (χ4v) is 7.32. The summed E-state index contributed by atoms with van der Waals surface area (Å²) in [6, 6.07) is 44.9. The van der Waals surface area contributed by atoms with Crippen molar-refractivity contribution in [2.24, 2.45) is 0 Å². The summed E-state index contributed by atoms with van der Waals surface area (Å²) in [4.78, 5) is 0. The van der Waals surface area contributed by atoms with Crippen molar-refractivity contribution in [1.29, 1.82) is 0 Å². The average Bonchev–Trinajstić information content (AvgIpc) is 3.70. The van der Waals surface area contributed by atoms with Crippen molar-refractivity contribution in [3.05, 3.63) is 121 Å². The molecule has 4 aromatic heterocycles. The molecule has 0 amide bonds. The molecule has 0 spiro atoms. The van der Waals surface area contributed by atoms with Gasteiger partial charge in [-0.15, -0.1) is 0 Å². The van der Waals surface area contributed by atoms with Crippen LogP contribution in [0.5, 0.6) is 0 Å². The zero-order valence-corrected chi connectivity index (χ0v) is 20.4. The Morgan fingerprint density at radius 2 is 0.842 bits per heavy atom. The molecule has 0 unspecified atom stereocenters. The maximum atomic E-state index is 2.46. The van der Waals surface area contributed by atoms with Crippen LogP contribution in [0.15, 0.2) is 121 Å². The van der Waals surface area contributed by atoms with Crippen LogP contribution in [0.3, 0.4) is 0 Å². The lowest BCUT2D eigenvalue weighted by Gasteiger charge is -2.07. The predicted molar refractivity (Wildman–Crippen MR) is 161 cm³/mol. The monoisotopic (exact) mass is 480 g/mol. The summed E-state index contributed by atoms with van der Waals surface area (Å²) in [6.45, 7) is 0. The van der Waals surface area contributed by atoms with Gasteiger partial charge < -0.3 is 8.80 Å². The van der Waals surface area contributed by atoms with Gasteiger partial charge in [-0.05, 0) is 41.5 Å². The largest absolute Gasteiger partial charge is 0.308 e. The number of fused-ring (bicyclic) bond motifs is 12. The van der Waals surface area contributed by atoms with Crippen molar-refractivity contribution < 1.29 is 0 Å². The predicted octanol–water partition coefficient (Wildman–Crippen LogP) is 9.65. The molecular formula is C36H20N2. The molecule has 0 radical (unpaired) electrons. The molecule has 0 aliphatic carbocycles. The normalized spacial score (nSPS) is 12.7. The van der Waals surface area contributed by atoms with Crippen LogP contribution in [-0.4, -0.2) is 8.80 Å². The van der Waals surface area contributed by atoms with Gasteiger partial charge in [0.25, 0.3) is 0 Å². The topological polar surface area (TPSA) is 8.82 Å². The molecule has 0 saturated carbocycles. The van der Waals surface area contributed by atoms with Crippen LogP contribution >= 0.6 is 0 Å². The second-order valence-corrected chi connectivity index (χ2v) is 10.5. The first-order valence-electron chi connectivity index (χ1n) is 13.2. The van der Waals surface area contributed by atoms with Crippen molar-refractivity contribution in [2.45, 2.75) is 0 Å². The van der Waals surface area contributed by atoms with E-state index >= 15 is 0 Å². The summed E-state index contributed by atoms with van der Waals surface area (Å²) < 4.78 is 4.91. The number of hydrogen-bond donors (Lipinski definition) is 0. The molecule has 0 fully saturated rings. The number of benzene rings is 6. The summed E-state index contributed by atoms with van der Waals surface area (Å²) in [5.74, 6) is 0. The van der Waals surface area contributed by atoms with Gasteiger partial charge in [-0.2, -0.15) is 0 Å². The third-order valence-corrected chi connectivity index (χ3v) is 8.78. The second kappa shape index (κ2) is 6.42.